The Kier molecular flexibility index (Phi) is 6.50. The van der Waals surface area contributed by atoms with Crippen LogP contribution in [0.5, 0.6) is 0 Å². The van der Waals surface area contributed by atoms with Crippen molar-refractivity contribution in [3.05, 3.63) is 96.1 Å². The van der Waals surface area contributed by atoms with E-state index in [1.807, 2.05) is 42.5 Å². The topological polar surface area (TPSA) is 78.4 Å². The van der Waals surface area contributed by atoms with Crippen LogP contribution in [0.25, 0.3) is 17.2 Å². The Morgan fingerprint density at radius 2 is 1.55 bits per heavy atom. The molecule has 0 atom stereocenters. The third kappa shape index (κ3) is 5.85. The number of anilines is 1. The Bertz CT molecular complexity index is 1060. The van der Waals surface area contributed by atoms with E-state index in [-0.39, 0.29) is 11.0 Å². The van der Waals surface area contributed by atoms with Crippen LogP contribution in [0.15, 0.2) is 84.9 Å². The van der Waals surface area contributed by atoms with Crippen molar-refractivity contribution in [2.45, 2.75) is 0 Å². The molecule has 29 heavy (non-hydrogen) atoms. The summed E-state index contributed by atoms with van der Waals surface area (Å²) in [5.41, 5.74) is 3.93. The molecule has 1 amide bonds. The first-order valence-electron chi connectivity index (χ1n) is 8.80. The molecule has 5 nitrogen and oxygen atoms in total. The summed E-state index contributed by atoms with van der Waals surface area (Å²) in [7, 11) is 0. The van der Waals surface area contributed by atoms with E-state index in [4.69, 9.17) is 17.3 Å². The lowest BCUT2D eigenvalue weighted by atomic mass is 10.0. The molecule has 3 aromatic carbocycles. The van der Waals surface area contributed by atoms with Gasteiger partial charge in [-0.05, 0) is 59.2 Å². The molecule has 3 rings (SSSR count). The predicted octanol–water partition coefficient (Wildman–Crippen LogP) is 4.58. The van der Waals surface area contributed by atoms with E-state index in [0.717, 1.165) is 17.2 Å². The van der Waals surface area contributed by atoms with Gasteiger partial charge in [-0.1, -0.05) is 54.6 Å². The molecular formula is C23H18N2O3S. The predicted molar refractivity (Wildman–Crippen MR) is 119 cm³/mol. The van der Waals surface area contributed by atoms with Crippen molar-refractivity contribution in [1.29, 1.82) is 0 Å². The first kappa shape index (κ1) is 20.0. The van der Waals surface area contributed by atoms with Gasteiger partial charge >= 0.3 is 5.97 Å². The molecule has 0 spiro atoms. The molecule has 0 aliphatic rings. The standard InChI is InChI=1S/C23H18N2O3S/c26-21(27)14-9-16-5-4-8-20(15-16)24-23(29)25-22(28)19-12-10-18(11-13-19)17-6-2-1-3-7-17/h1-15H,(H,26,27)(H2,24,25,28,29)/b14-9+. The molecule has 0 fully saturated rings. The molecule has 0 heterocycles. The second kappa shape index (κ2) is 9.43. The monoisotopic (exact) mass is 402 g/mol. The van der Waals surface area contributed by atoms with Gasteiger partial charge in [0.1, 0.15) is 0 Å². The zero-order valence-corrected chi connectivity index (χ0v) is 16.1. The fourth-order valence-electron chi connectivity index (χ4n) is 2.67. The number of carboxylic acids is 1. The SMILES string of the molecule is O=C(O)/C=C/c1cccc(NC(=S)NC(=O)c2ccc(-c3ccccc3)cc2)c1. The molecule has 0 radical (unpaired) electrons. The Morgan fingerprint density at radius 3 is 2.24 bits per heavy atom. The summed E-state index contributed by atoms with van der Waals surface area (Å²) >= 11 is 5.21. The van der Waals surface area contributed by atoms with Crippen LogP contribution in [0.2, 0.25) is 0 Å². The fraction of sp³-hybridized carbons (Fsp3) is 0. The van der Waals surface area contributed by atoms with Crippen LogP contribution < -0.4 is 10.6 Å². The van der Waals surface area contributed by atoms with Crippen LogP contribution in [-0.2, 0) is 4.79 Å². The summed E-state index contributed by atoms with van der Waals surface area (Å²) in [4.78, 5) is 23.0. The number of nitrogens with one attached hydrogen (secondary N) is 2. The van der Waals surface area contributed by atoms with Crippen molar-refractivity contribution in [2.24, 2.45) is 0 Å². The average molecular weight is 402 g/mol. The molecule has 0 saturated heterocycles. The molecule has 0 unspecified atom stereocenters. The Hall–Kier alpha value is -3.77. The van der Waals surface area contributed by atoms with Crippen molar-refractivity contribution in [3.63, 3.8) is 0 Å². The largest absolute Gasteiger partial charge is 0.478 e. The number of carbonyl (C=O) groups is 2. The Morgan fingerprint density at radius 1 is 0.862 bits per heavy atom. The minimum absolute atomic E-state index is 0.154. The lowest BCUT2D eigenvalue weighted by Crippen LogP contribution is -2.34. The zero-order chi connectivity index (χ0) is 20.6. The second-order valence-electron chi connectivity index (χ2n) is 6.15. The van der Waals surface area contributed by atoms with Gasteiger partial charge in [0.2, 0.25) is 0 Å². The highest BCUT2D eigenvalue weighted by Gasteiger charge is 2.08. The van der Waals surface area contributed by atoms with E-state index in [0.29, 0.717) is 16.8 Å². The highest BCUT2D eigenvalue weighted by molar-refractivity contribution is 7.80. The van der Waals surface area contributed by atoms with Gasteiger partial charge in [0.15, 0.2) is 5.11 Å². The first-order valence-corrected chi connectivity index (χ1v) is 9.21. The van der Waals surface area contributed by atoms with Gasteiger partial charge in [-0.3, -0.25) is 10.1 Å². The second-order valence-corrected chi connectivity index (χ2v) is 6.56. The molecule has 3 N–H and O–H groups in total. The van der Waals surface area contributed by atoms with Crippen molar-refractivity contribution in [2.75, 3.05) is 5.32 Å². The van der Waals surface area contributed by atoms with Crippen LogP contribution in [0.4, 0.5) is 5.69 Å². The molecule has 0 saturated carbocycles. The first-order chi connectivity index (χ1) is 14.0. The van der Waals surface area contributed by atoms with Crippen LogP contribution in [0.3, 0.4) is 0 Å². The summed E-state index contributed by atoms with van der Waals surface area (Å²) in [5, 5.41) is 14.4. The number of benzene rings is 3. The van der Waals surface area contributed by atoms with E-state index in [9.17, 15) is 9.59 Å². The maximum absolute atomic E-state index is 12.4. The van der Waals surface area contributed by atoms with Crippen LogP contribution in [-0.4, -0.2) is 22.1 Å². The average Bonchev–Trinajstić information content (AvgIpc) is 2.73. The van der Waals surface area contributed by atoms with E-state index in [2.05, 4.69) is 10.6 Å². The van der Waals surface area contributed by atoms with Gasteiger partial charge in [0.05, 0.1) is 0 Å². The fourth-order valence-corrected chi connectivity index (χ4v) is 2.88. The highest BCUT2D eigenvalue weighted by Crippen LogP contribution is 2.19. The minimum atomic E-state index is -1.02. The van der Waals surface area contributed by atoms with E-state index in [1.165, 1.54) is 6.08 Å². The number of carbonyl (C=O) groups excluding carboxylic acids is 1. The van der Waals surface area contributed by atoms with Crippen molar-refractivity contribution < 1.29 is 14.7 Å². The third-order valence-electron chi connectivity index (χ3n) is 4.04. The van der Waals surface area contributed by atoms with Gasteiger partial charge in [0.25, 0.3) is 5.91 Å². The number of hydrogen-bond donors (Lipinski definition) is 3. The maximum Gasteiger partial charge on any atom is 0.328 e. The third-order valence-corrected chi connectivity index (χ3v) is 4.25. The maximum atomic E-state index is 12.4. The van der Waals surface area contributed by atoms with E-state index in [1.54, 1.807) is 36.4 Å². The van der Waals surface area contributed by atoms with Gasteiger partial charge < -0.3 is 10.4 Å². The summed E-state index contributed by atoms with van der Waals surface area (Å²) in [6.45, 7) is 0. The molecule has 6 heteroatoms. The van der Waals surface area contributed by atoms with E-state index >= 15 is 0 Å². The smallest absolute Gasteiger partial charge is 0.328 e. The molecular weight excluding hydrogens is 384 g/mol. The molecule has 0 bridgehead atoms. The van der Waals surface area contributed by atoms with Crippen LogP contribution in [0.1, 0.15) is 15.9 Å². The van der Waals surface area contributed by atoms with Crippen LogP contribution in [0, 0.1) is 0 Å². The molecule has 0 aliphatic heterocycles. The normalized spacial score (nSPS) is 10.5. The number of amides is 1. The number of rotatable bonds is 5. The summed E-state index contributed by atoms with van der Waals surface area (Å²) in [5.74, 6) is -1.34. The molecule has 0 aromatic heterocycles. The minimum Gasteiger partial charge on any atom is -0.478 e. The molecule has 3 aromatic rings. The summed E-state index contributed by atoms with van der Waals surface area (Å²) < 4.78 is 0. The summed E-state index contributed by atoms with van der Waals surface area (Å²) in [6, 6.07) is 24.2. The highest BCUT2D eigenvalue weighted by atomic mass is 32.1. The van der Waals surface area contributed by atoms with Gasteiger partial charge in [-0.25, -0.2) is 4.79 Å². The quantitative estimate of drug-likeness (QED) is 0.430. The number of carboxylic acid groups (broad SMARTS) is 1. The van der Waals surface area contributed by atoms with Crippen molar-refractivity contribution in [1.82, 2.24) is 5.32 Å². The van der Waals surface area contributed by atoms with Crippen LogP contribution >= 0.6 is 12.2 Å². The lowest BCUT2D eigenvalue weighted by Gasteiger charge is -2.10. The summed E-state index contributed by atoms with van der Waals surface area (Å²) in [6.07, 6.45) is 2.53. The van der Waals surface area contributed by atoms with Gasteiger partial charge in [0, 0.05) is 17.3 Å². The lowest BCUT2D eigenvalue weighted by molar-refractivity contribution is -0.131. The molecule has 0 aliphatic carbocycles. The van der Waals surface area contributed by atoms with Crippen molar-refractivity contribution in [3.8, 4) is 11.1 Å². The van der Waals surface area contributed by atoms with Gasteiger partial charge in [-0.15, -0.1) is 0 Å². The van der Waals surface area contributed by atoms with Gasteiger partial charge in [-0.2, -0.15) is 0 Å². The zero-order valence-electron chi connectivity index (χ0n) is 15.3. The number of hydrogen-bond acceptors (Lipinski definition) is 3. The van der Waals surface area contributed by atoms with E-state index < -0.39 is 5.97 Å². The number of thiocarbonyl (C=S) groups is 1. The Labute approximate surface area is 173 Å². The molecule has 144 valence electrons. The number of aliphatic carboxylic acids is 1. The Balaban J connectivity index is 1.61. The van der Waals surface area contributed by atoms with Crippen molar-refractivity contribution >= 4 is 41.0 Å².